The van der Waals surface area contributed by atoms with Crippen LogP contribution in [0.3, 0.4) is 0 Å². The van der Waals surface area contributed by atoms with Crippen LogP contribution in [0.5, 0.6) is 0 Å². The second-order valence-electron chi connectivity index (χ2n) is 5.86. The number of aliphatic hydroxyl groups excluding tert-OH is 1. The minimum Gasteiger partial charge on any atom is -0.396 e. The summed E-state index contributed by atoms with van der Waals surface area (Å²) in [7, 11) is 1.60. The van der Waals surface area contributed by atoms with E-state index in [9.17, 15) is 9.18 Å². The molecule has 0 aliphatic carbocycles. The Morgan fingerprint density at radius 3 is 2.74 bits per heavy atom. The predicted octanol–water partition coefficient (Wildman–Crippen LogP) is 2.29. The number of urea groups is 1. The molecule has 27 heavy (non-hydrogen) atoms. The fourth-order valence-corrected chi connectivity index (χ4v) is 2.35. The van der Waals surface area contributed by atoms with Crippen molar-refractivity contribution in [3.05, 3.63) is 42.3 Å². The first-order valence-corrected chi connectivity index (χ1v) is 8.58. The highest BCUT2D eigenvalue weighted by atomic mass is 19.1. The largest absolute Gasteiger partial charge is 0.396 e. The van der Waals surface area contributed by atoms with Gasteiger partial charge in [-0.2, -0.15) is 4.98 Å². The molecule has 2 amide bonds. The number of methoxy groups -OCH3 is 1. The van der Waals surface area contributed by atoms with Crippen molar-refractivity contribution in [1.29, 1.82) is 0 Å². The van der Waals surface area contributed by atoms with Crippen molar-refractivity contribution in [1.82, 2.24) is 15.3 Å². The van der Waals surface area contributed by atoms with Crippen LogP contribution in [0, 0.1) is 5.82 Å². The number of hydrogen-bond donors (Lipinski definition) is 3. The molecule has 9 heteroatoms. The second-order valence-corrected chi connectivity index (χ2v) is 5.86. The van der Waals surface area contributed by atoms with Crippen LogP contribution in [0.1, 0.15) is 13.3 Å². The molecule has 2 rings (SSSR count). The van der Waals surface area contributed by atoms with Gasteiger partial charge in [-0.3, -0.25) is 0 Å². The van der Waals surface area contributed by atoms with Gasteiger partial charge < -0.3 is 20.5 Å². The van der Waals surface area contributed by atoms with E-state index in [1.165, 1.54) is 35.4 Å². The van der Waals surface area contributed by atoms with Gasteiger partial charge in [0.15, 0.2) is 0 Å². The monoisotopic (exact) mass is 377 g/mol. The normalized spacial score (nSPS) is 11.7. The molecule has 2 aromatic rings. The number of anilines is 3. The Kier molecular flexibility index (Phi) is 7.90. The van der Waals surface area contributed by atoms with E-state index in [-0.39, 0.29) is 12.6 Å². The zero-order valence-corrected chi connectivity index (χ0v) is 15.4. The summed E-state index contributed by atoms with van der Waals surface area (Å²) in [4.78, 5) is 22.5. The van der Waals surface area contributed by atoms with E-state index in [1.807, 2.05) is 6.92 Å². The van der Waals surface area contributed by atoms with Crippen LogP contribution in [0.15, 0.2) is 36.5 Å². The summed E-state index contributed by atoms with van der Waals surface area (Å²) in [5.74, 6) is 0.260. The van der Waals surface area contributed by atoms with E-state index in [2.05, 4.69) is 20.6 Å². The van der Waals surface area contributed by atoms with Gasteiger partial charge >= 0.3 is 6.03 Å². The Balaban J connectivity index is 2.29. The van der Waals surface area contributed by atoms with Gasteiger partial charge in [0.05, 0.1) is 12.3 Å². The van der Waals surface area contributed by atoms with Gasteiger partial charge in [0, 0.05) is 38.6 Å². The van der Waals surface area contributed by atoms with Gasteiger partial charge in [0.25, 0.3) is 0 Å². The van der Waals surface area contributed by atoms with E-state index >= 15 is 0 Å². The number of carbonyl (C=O) groups is 1. The van der Waals surface area contributed by atoms with Gasteiger partial charge in [-0.1, -0.05) is 0 Å². The first-order chi connectivity index (χ1) is 13.0. The Morgan fingerprint density at radius 2 is 2.07 bits per heavy atom. The topological polar surface area (TPSA) is 99.6 Å². The first kappa shape index (κ1) is 20.5. The van der Waals surface area contributed by atoms with Crippen molar-refractivity contribution in [2.24, 2.45) is 0 Å². The molecule has 0 radical (unpaired) electrons. The fraction of sp³-hybridized carbons (Fsp3) is 0.389. The number of aromatic nitrogens is 2. The van der Waals surface area contributed by atoms with Gasteiger partial charge in [0.1, 0.15) is 11.6 Å². The molecule has 1 aromatic heterocycles. The number of rotatable bonds is 9. The van der Waals surface area contributed by atoms with E-state index in [0.717, 1.165) is 0 Å². The zero-order valence-electron chi connectivity index (χ0n) is 15.4. The molecule has 0 spiro atoms. The van der Waals surface area contributed by atoms with Crippen molar-refractivity contribution in [3.63, 3.8) is 0 Å². The summed E-state index contributed by atoms with van der Waals surface area (Å²) in [6, 6.07) is 6.64. The highest BCUT2D eigenvalue weighted by molar-refractivity contribution is 5.98. The Bertz CT molecular complexity index is 729. The average molecular weight is 377 g/mol. The van der Waals surface area contributed by atoms with Crippen LogP contribution in [0.25, 0.3) is 0 Å². The summed E-state index contributed by atoms with van der Waals surface area (Å²) >= 11 is 0. The second kappa shape index (κ2) is 10.4. The molecule has 0 bridgehead atoms. The van der Waals surface area contributed by atoms with Crippen molar-refractivity contribution in [2.45, 2.75) is 19.4 Å². The molecular weight excluding hydrogens is 353 g/mol. The van der Waals surface area contributed by atoms with Crippen LogP contribution in [-0.2, 0) is 4.74 Å². The van der Waals surface area contributed by atoms with E-state index in [1.54, 1.807) is 13.2 Å². The number of nitrogens with one attached hydrogen (secondary N) is 2. The van der Waals surface area contributed by atoms with Crippen LogP contribution in [0.2, 0.25) is 0 Å². The molecule has 3 N–H and O–H groups in total. The SMILES string of the molecule is COC[C@H](C)Nc1nccc(N(C(=O)NCCCO)c2ccc(F)cc2)n1. The zero-order chi connectivity index (χ0) is 19.6. The Hall–Kier alpha value is -2.78. The van der Waals surface area contributed by atoms with Crippen molar-refractivity contribution in [2.75, 3.05) is 37.1 Å². The predicted molar refractivity (Wildman–Crippen MR) is 101 cm³/mol. The smallest absolute Gasteiger partial charge is 0.327 e. The number of ether oxygens (including phenoxy) is 1. The van der Waals surface area contributed by atoms with Crippen LogP contribution >= 0.6 is 0 Å². The van der Waals surface area contributed by atoms with Crippen molar-refractivity contribution in [3.8, 4) is 0 Å². The summed E-state index contributed by atoms with van der Waals surface area (Å²) in [6.07, 6.45) is 1.95. The van der Waals surface area contributed by atoms with Crippen LogP contribution < -0.4 is 15.5 Å². The third-order valence-electron chi connectivity index (χ3n) is 3.56. The molecule has 146 valence electrons. The van der Waals surface area contributed by atoms with Crippen molar-refractivity contribution >= 4 is 23.5 Å². The maximum atomic E-state index is 13.3. The van der Waals surface area contributed by atoms with E-state index < -0.39 is 11.8 Å². The van der Waals surface area contributed by atoms with Crippen LogP contribution in [0.4, 0.5) is 26.6 Å². The summed E-state index contributed by atoms with van der Waals surface area (Å²) in [6.45, 7) is 2.65. The van der Waals surface area contributed by atoms with Gasteiger partial charge in [-0.05, 0) is 37.6 Å². The number of aliphatic hydroxyl groups is 1. The minimum absolute atomic E-state index is 0.0251. The third-order valence-corrected chi connectivity index (χ3v) is 3.56. The molecule has 0 saturated heterocycles. The summed E-state index contributed by atoms with van der Waals surface area (Å²) in [5, 5.41) is 14.7. The highest BCUT2D eigenvalue weighted by Gasteiger charge is 2.20. The molecule has 0 unspecified atom stereocenters. The summed E-state index contributed by atoms with van der Waals surface area (Å²) in [5.41, 5.74) is 0.451. The van der Waals surface area contributed by atoms with E-state index in [0.29, 0.717) is 37.0 Å². The molecule has 0 fully saturated rings. The summed E-state index contributed by atoms with van der Waals surface area (Å²) < 4.78 is 18.4. The molecule has 1 aromatic carbocycles. The molecule has 0 saturated carbocycles. The van der Waals surface area contributed by atoms with Crippen LogP contribution in [-0.4, -0.2) is 54.0 Å². The van der Waals surface area contributed by atoms with Gasteiger partial charge in [0.2, 0.25) is 5.95 Å². The minimum atomic E-state index is -0.440. The highest BCUT2D eigenvalue weighted by Crippen LogP contribution is 2.24. The fourth-order valence-electron chi connectivity index (χ4n) is 2.35. The van der Waals surface area contributed by atoms with Gasteiger partial charge in [-0.15, -0.1) is 0 Å². The molecule has 1 atom stereocenters. The Labute approximate surface area is 157 Å². The maximum Gasteiger partial charge on any atom is 0.327 e. The molecule has 0 aliphatic rings. The molecule has 1 heterocycles. The lowest BCUT2D eigenvalue weighted by Crippen LogP contribution is -2.38. The lowest BCUT2D eigenvalue weighted by molar-refractivity contribution is 0.190. The lowest BCUT2D eigenvalue weighted by atomic mass is 10.3. The lowest BCUT2D eigenvalue weighted by Gasteiger charge is -2.23. The number of nitrogens with zero attached hydrogens (tertiary/aromatic N) is 3. The van der Waals surface area contributed by atoms with Gasteiger partial charge in [-0.25, -0.2) is 19.1 Å². The number of benzene rings is 1. The molecular formula is C18H24FN5O3. The molecule has 8 nitrogen and oxygen atoms in total. The number of carbonyl (C=O) groups excluding carboxylic acids is 1. The standard InChI is InChI=1S/C18H24FN5O3/c1-13(12-27-2)22-17-20-10-8-16(23-17)24(18(26)21-9-3-11-25)15-6-4-14(19)5-7-15/h4-8,10,13,25H,3,9,11-12H2,1-2H3,(H,21,26)(H,20,22,23)/t13-/m0/s1. The maximum absolute atomic E-state index is 13.3. The Morgan fingerprint density at radius 1 is 1.33 bits per heavy atom. The number of hydrogen-bond acceptors (Lipinski definition) is 6. The number of halogens is 1. The number of amides is 2. The molecule has 0 aliphatic heterocycles. The first-order valence-electron chi connectivity index (χ1n) is 8.58. The van der Waals surface area contributed by atoms with Crippen molar-refractivity contribution < 1.29 is 19.0 Å². The quantitative estimate of drug-likeness (QED) is 0.580. The van der Waals surface area contributed by atoms with E-state index in [4.69, 9.17) is 9.84 Å². The third kappa shape index (κ3) is 6.15. The average Bonchev–Trinajstić information content (AvgIpc) is 2.64.